The summed E-state index contributed by atoms with van der Waals surface area (Å²) in [4.78, 5) is 40.5. The minimum absolute atomic E-state index is 0. The van der Waals surface area contributed by atoms with Gasteiger partial charge in [0, 0.05) is 107 Å². The number of fused-ring (bicyclic) bond motifs is 3. The van der Waals surface area contributed by atoms with E-state index in [1.807, 2.05) is 30.3 Å². The van der Waals surface area contributed by atoms with Crippen molar-refractivity contribution >= 4 is 56.4 Å². The van der Waals surface area contributed by atoms with Gasteiger partial charge in [-0.05, 0) is 32.9 Å². The molecule has 0 saturated carbocycles. The fourth-order valence-corrected chi connectivity index (χ4v) is 4.33. The number of hydrogen-bond acceptors (Lipinski definition) is 8. The van der Waals surface area contributed by atoms with Crippen molar-refractivity contribution in [2.24, 2.45) is 0 Å². The van der Waals surface area contributed by atoms with Crippen LogP contribution in [0.2, 0.25) is 0 Å². The molecule has 0 amide bonds. The topological polar surface area (TPSA) is 138 Å². The Morgan fingerprint density at radius 1 is 0.431 bits per heavy atom. The summed E-state index contributed by atoms with van der Waals surface area (Å²) in [6.07, 6.45) is 7.22. The molecule has 0 aliphatic heterocycles. The van der Waals surface area contributed by atoms with Gasteiger partial charge in [0.25, 0.3) is 0 Å². The first-order valence-electron chi connectivity index (χ1n) is 15.5. The van der Waals surface area contributed by atoms with Crippen molar-refractivity contribution in [3.63, 3.8) is 0 Å². The Labute approximate surface area is 338 Å². The van der Waals surface area contributed by atoms with Gasteiger partial charge in [0.2, 0.25) is 0 Å². The number of aliphatic hydroxyl groups is 3. The fraction of sp³-hybridized carbons (Fsp3) is 0.0714. The van der Waals surface area contributed by atoms with Crippen molar-refractivity contribution < 1.29 is 79.1 Å². The van der Waals surface area contributed by atoms with E-state index >= 15 is 0 Å². The molecule has 0 bridgehead atoms. The van der Waals surface area contributed by atoms with E-state index in [9.17, 15) is 29.7 Å². The maximum absolute atomic E-state index is 10.6. The number of aliphatic hydroxyl groups excluding tert-OH is 3. The predicted molar refractivity (Wildman–Crippen MR) is 200 cm³/mol. The van der Waals surface area contributed by atoms with Gasteiger partial charge in [-0.1, -0.05) is 115 Å². The molecular weight excluding hydrogens is 780 g/mol. The Morgan fingerprint density at radius 3 is 0.961 bits per heavy atom. The quantitative estimate of drug-likeness (QED) is 0.0860. The average molecular weight is 819 g/mol. The summed E-state index contributed by atoms with van der Waals surface area (Å²) in [5, 5.41) is 30.3. The van der Waals surface area contributed by atoms with Crippen LogP contribution < -0.4 is 0 Å². The SMILES string of the molecule is CC(=O)C=C(O)c1ccccc1.CC(=O)C=C(O)c1ccccc1.CC(=O)C=C(O)c1ccccc1.[Eu].c1cnc2c(c1)ccc1cccnc12. The summed E-state index contributed by atoms with van der Waals surface area (Å²) >= 11 is 0. The third-order valence-corrected chi connectivity index (χ3v) is 6.57. The summed E-state index contributed by atoms with van der Waals surface area (Å²) in [6.45, 7) is 4.21. The minimum Gasteiger partial charge on any atom is -0.507 e. The van der Waals surface area contributed by atoms with Crippen molar-refractivity contribution in [3.8, 4) is 0 Å². The number of pyridine rings is 2. The van der Waals surface area contributed by atoms with Crippen LogP contribution >= 0.6 is 0 Å². The number of carbonyl (C=O) groups is 3. The molecule has 0 fully saturated rings. The number of aromatic nitrogens is 2. The average Bonchev–Trinajstić information content (AvgIpc) is 3.13. The van der Waals surface area contributed by atoms with Crippen LogP contribution in [0.1, 0.15) is 37.5 Å². The summed E-state index contributed by atoms with van der Waals surface area (Å²) in [7, 11) is 0. The number of allylic oxidation sites excluding steroid dienone is 3. The van der Waals surface area contributed by atoms with E-state index in [4.69, 9.17) is 0 Å². The molecule has 6 aromatic rings. The van der Waals surface area contributed by atoms with Crippen LogP contribution in [0.3, 0.4) is 0 Å². The molecule has 9 heteroatoms. The number of ketones is 3. The molecule has 2 heterocycles. The van der Waals surface area contributed by atoms with Crippen LogP contribution in [0, 0.1) is 49.4 Å². The summed E-state index contributed by atoms with van der Waals surface area (Å²) < 4.78 is 0. The molecule has 51 heavy (non-hydrogen) atoms. The third kappa shape index (κ3) is 15.1. The molecular formula is C42H38EuN2O6. The molecule has 4 aromatic carbocycles. The first kappa shape index (κ1) is 42.1. The fourth-order valence-electron chi connectivity index (χ4n) is 4.33. The Balaban J connectivity index is 0.000000235. The zero-order valence-electron chi connectivity index (χ0n) is 28.3. The first-order valence-corrected chi connectivity index (χ1v) is 15.5. The van der Waals surface area contributed by atoms with Gasteiger partial charge in [-0.2, -0.15) is 0 Å². The molecule has 2 aromatic heterocycles. The summed E-state index contributed by atoms with van der Waals surface area (Å²) in [6, 6.07) is 39.0. The van der Waals surface area contributed by atoms with Crippen molar-refractivity contribution in [2.75, 3.05) is 0 Å². The normalized spacial score (nSPS) is 10.9. The third-order valence-electron chi connectivity index (χ3n) is 6.57. The number of benzene rings is 4. The zero-order chi connectivity index (χ0) is 36.3. The molecule has 259 valence electrons. The molecule has 0 aliphatic carbocycles. The van der Waals surface area contributed by atoms with Crippen molar-refractivity contribution in [2.45, 2.75) is 20.8 Å². The van der Waals surface area contributed by atoms with Crippen LogP contribution in [-0.2, 0) is 14.4 Å². The maximum Gasteiger partial charge on any atom is 0.156 e. The molecule has 6 rings (SSSR count). The summed E-state index contributed by atoms with van der Waals surface area (Å²) in [5.74, 6) is -0.418. The van der Waals surface area contributed by atoms with Crippen molar-refractivity contribution in [3.05, 3.63) is 175 Å². The standard InChI is InChI=1S/C12H8N2.3C10H10O2.Eu/c1-3-9-5-6-10-4-2-8-14-12(10)11(9)13-7-1;3*1-8(11)7-10(12)9-5-3-2-4-6-9;/h1-8H;3*2-7,12H,1H3;. The number of carbonyl (C=O) groups excluding carboxylic acids is 3. The van der Waals surface area contributed by atoms with E-state index in [-0.39, 0.29) is 84.0 Å². The van der Waals surface area contributed by atoms with Gasteiger partial charge in [0.05, 0.1) is 11.0 Å². The van der Waals surface area contributed by atoms with E-state index < -0.39 is 0 Å². The van der Waals surface area contributed by atoms with Gasteiger partial charge < -0.3 is 15.3 Å². The second-order valence-corrected chi connectivity index (χ2v) is 10.7. The Kier molecular flexibility index (Phi) is 18.6. The second-order valence-electron chi connectivity index (χ2n) is 10.7. The number of hydrogen-bond donors (Lipinski definition) is 3. The van der Waals surface area contributed by atoms with Crippen molar-refractivity contribution in [1.29, 1.82) is 0 Å². The van der Waals surface area contributed by atoms with Gasteiger partial charge in [0.15, 0.2) is 17.3 Å². The van der Waals surface area contributed by atoms with Gasteiger partial charge in [-0.3, -0.25) is 24.4 Å². The van der Waals surface area contributed by atoms with E-state index in [1.54, 1.807) is 85.2 Å². The molecule has 0 aliphatic rings. The van der Waals surface area contributed by atoms with Crippen LogP contribution in [0.25, 0.3) is 39.1 Å². The smallest absolute Gasteiger partial charge is 0.156 e. The van der Waals surface area contributed by atoms with Gasteiger partial charge in [-0.15, -0.1) is 0 Å². The Morgan fingerprint density at radius 2 is 0.706 bits per heavy atom. The maximum atomic E-state index is 10.6. The predicted octanol–water partition coefficient (Wildman–Crippen LogP) is 9.31. The van der Waals surface area contributed by atoms with Gasteiger partial charge in [0.1, 0.15) is 17.3 Å². The van der Waals surface area contributed by atoms with Crippen LogP contribution in [-0.4, -0.2) is 42.6 Å². The molecule has 0 atom stereocenters. The van der Waals surface area contributed by atoms with Gasteiger partial charge >= 0.3 is 0 Å². The Hall–Kier alpha value is -5.09. The summed E-state index contributed by atoms with van der Waals surface area (Å²) in [5.41, 5.74) is 3.93. The van der Waals surface area contributed by atoms with Crippen molar-refractivity contribution in [1.82, 2.24) is 9.97 Å². The molecule has 0 unspecified atom stereocenters. The molecule has 0 spiro atoms. The van der Waals surface area contributed by atoms with E-state index in [0.29, 0.717) is 16.7 Å². The Bertz CT molecular complexity index is 1900. The van der Waals surface area contributed by atoms with Crippen LogP contribution in [0.5, 0.6) is 0 Å². The van der Waals surface area contributed by atoms with E-state index in [1.165, 1.54) is 39.0 Å². The van der Waals surface area contributed by atoms with Crippen LogP contribution in [0.4, 0.5) is 0 Å². The van der Waals surface area contributed by atoms with E-state index in [0.717, 1.165) is 21.8 Å². The number of nitrogens with zero attached hydrogens (tertiary/aromatic N) is 2. The minimum atomic E-state index is -0.156. The monoisotopic (exact) mass is 819 g/mol. The molecule has 8 nitrogen and oxygen atoms in total. The van der Waals surface area contributed by atoms with Crippen LogP contribution in [0.15, 0.2) is 158 Å². The largest absolute Gasteiger partial charge is 0.507 e. The first-order chi connectivity index (χ1) is 24.0. The van der Waals surface area contributed by atoms with Gasteiger partial charge in [-0.25, -0.2) is 0 Å². The molecule has 0 saturated heterocycles. The van der Waals surface area contributed by atoms with E-state index in [2.05, 4.69) is 34.2 Å². The molecule has 3 N–H and O–H groups in total. The second kappa shape index (κ2) is 22.6. The zero-order valence-corrected chi connectivity index (χ0v) is 30.8. The molecule has 1 radical (unpaired) electrons. The number of rotatable bonds is 6.